The zero-order chi connectivity index (χ0) is 11.8. The summed E-state index contributed by atoms with van der Waals surface area (Å²) in [6, 6.07) is 0.461. The zero-order valence-corrected chi connectivity index (χ0v) is 10.4. The highest BCUT2D eigenvalue weighted by molar-refractivity contribution is 5.93. The SMILES string of the molecule is CC#CC(=O)N(CCC)CC1CCCCN1. The Balaban J connectivity index is 2.47. The van der Waals surface area contributed by atoms with Gasteiger partial charge in [0.25, 0.3) is 5.91 Å². The molecule has 0 saturated carbocycles. The number of nitrogens with one attached hydrogen (secondary N) is 1. The lowest BCUT2D eigenvalue weighted by Gasteiger charge is -2.29. The van der Waals surface area contributed by atoms with Crippen molar-refractivity contribution in [2.75, 3.05) is 19.6 Å². The van der Waals surface area contributed by atoms with E-state index in [1.807, 2.05) is 4.90 Å². The molecule has 1 heterocycles. The lowest BCUT2D eigenvalue weighted by molar-refractivity contribution is -0.125. The highest BCUT2D eigenvalue weighted by atomic mass is 16.2. The Morgan fingerprint density at radius 3 is 2.88 bits per heavy atom. The molecule has 1 rings (SSSR count). The largest absolute Gasteiger partial charge is 0.330 e. The minimum Gasteiger partial charge on any atom is -0.330 e. The van der Waals surface area contributed by atoms with Crippen molar-refractivity contribution >= 4 is 5.91 Å². The predicted molar refractivity (Wildman–Crippen MR) is 66.0 cm³/mol. The first-order valence-corrected chi connectivity index (χ1v) is 6.23. The fourth-order valence-electron chi connectivity index (χ4n) is 2.08. The minimum absolute atomic E-state index is 0.0308. The van der Waals surface area contributed by atoms with E-state index in [0.717, 1.165) is 26.1 Å². The van der Waals surface area contributed by atoms with Crippen LogP contribution in [0.2, 0.25) is 0 Å². The molecule has 0 aliphatic carbocycles. The van der Waals surface area contributed by atoms with Crippen molar-refractivity contribution in [3.8, 4) is 11.8 Å². The Morgan fingerprint density at radius 2 is 2.31 bits per heavy atom. The van der Waals surface area contributed by atoms with Crippen molar-refractivity contribution in [1.82, 2.24) is 10.2 Å². The topological polar surface area (TPSA) is 32.3 Å². The molecular weight excluding hydrogens is 200 g/mol. The van der Waals surface area contributed by atoms with E-state index >= 15 is 0 Å². The Hall–Kier alpha value is -1.01. The molecule has 1 aliphatic heterocycles. The van der Waals surface area contributed by atoms with Crippen LogP contribution in [-0.4, -0.2) is 36.5 Å². The normalized spacial score (nSPS) is 19.8. The third-order valence-corrected chi connectivity index (χ3v) is 2.87. The summed E-state index contributed by atoms with van der Waals surface area (Å²) in [5.74, 6) is 5.28. The van der Waals surface area contributed by atoms with Gasteiger partial charge in [-0.15, -0.1) is 0 Å². The van der Waals surface area contributed by atoms with Gasteiger partial charge in [-0.1, -0.05) is 19.3 Å². The Bertz CT molecular complexity index is 271. The van der Waals surface area contributed by atoms with Crippen LogP contribution >= 0.6 is 0 Å². The average Bonchev–Trinajstić information content (AvgIpc) is 2.30. The molecule has 0 spiro atoms. The fraction of sp³-hybridized carbons (Fsp3) is 0.769. The van der Waals surface area contributed by atoms with Gasteiger partial charge >= 0.3 is 0 Å². The van der Waals surface area contributed by atoms with Crippen molar-refractivity contribution in [2.24, 2.45) is 0 Å². The van der Waals surface area contributed by atoms with Gasteiger partial charge < -0.3 is 10.2 Å². The van der Waals surface area contributed by atoms with Crippen molar-refractivity contribution in [1.29, 1.82) is 0 Å². The molecule has 1 saturated heterocycles. The second-order valence-corrected chi connectivity index (χ2v) is 4.27. The van der Waals surface area contributed by atoms with Crippen LogP contribution in [0.15, 0.2) is 0 Å². The summed E-state index contributed by atoms with van der Waals surface area (Å²) < 4.78 is 0. The second-order valence-electron chi connectivity index (χ2n) is 4.27. The third kappa shape index (κ3) is 4.24. The number of carbonyl (C=O) groups excluding carboxylic acids is 1. The molecule has 16 heavy (non-hydrogen) atoms. The summed E-state index contributed by atoms with van der Waals surface area (Å²) in [4.78, 5) is 13.6. The van der Waals surface area contributed by atoms with Gasteiger partial charge in [0, 0.05) is 19.1 Å². The van der Waals surface area contributed by atoms with Gasteiger partial charge in [0.05, 0.1) is 0 Å². The smallest absolute Gasteiger partial charge is 0.298 e. The van der Waals surface area contributed by atoms with Gasteiger partial charge in [-0.3, -0.25) is 4.79 Å². The van der Waals surface area contributed by atoms with Crippen LogP contribution in [0.5, 0.6) is 0 Å². The number of amides is 1. The summed E-state index contributed by atoms with van der Waals surface area (Å²) in [5.41, 5.74) is 0. The van der Waals surface area contributed by atoms with Crippen molar-refractivity contribution in [2.45, 2.75) is 45.6 Å². The van der Waals surface area contributed by atoms with Gasteiger partial charge in [0.15, 0.2) is 0 Å². The Morgan fingerprint density at radius 1 is 1.50 bits per heavy atom. The van der Waals surface area contributed by atoms with Gasteiger partial charge in [-0.05, 0) is 38.7 Å². The van der Waals surface area contributed by atoms with Crippen LogP contribution in [0, 0.1) is 11.8 Å². The quantitative estimate of drug-likeness (QED) is 0.729. The number of carbonyl (C=O) groups is 1. The van der Waals surface area contributed by atoms with Crippen molar-refractivity contribution in [3.63, 3.8) is 0 Å². The number of nitrogens with zero attached hydrogens (tertiary/aromatic N) is 1. The maximum atomic E-state index is 11.7. The number of hydrogen-bond acceptors (Lipinski definition) is 2. The summed E-state index contributed by atoms with van der Waals surface area (Å²) in [6.07, 6.45) is 4.69. The van der Waals surface area contributed by atoms with Crippen LogP contribution in [-0.2, 0) is 4.79 Å². The molecule has 1 fully saturated rings. The zero-order valence-electron chi connectivity index (χ0n) is 10.4. The number of piperidine rings is 1. The third-order valence-electron chi connectivity index (χ3n) is 2.87. The first-order valence-electron chi connectivity index (χ1n) is 6.23. The van der Waals surface area contributed by atoms with Gasteiger partial charge in [-0.2, -0.15) is 0 Å². The number of hydrogen-bond donors (Lipinski definition) is 1. The predicted octanol–water partition coefficient (Wildman–Crippen LogP) is 1.39. The maximum Gasteiger partial charge on any atom is 0.298 e. The van der Waals surface area contributed by atoms with Gasteiger partial charge in [0.1, 0.15) is 0 Å². The van der Waals surface area contributed by atoms with Crippen molar-refractivity contribution < 1.29 is 4.79 Å². The van der Waals surface area contributed by atoms with E-state index in [9.17, 15) is 4.79 Å². The molecule has 1 unspecified atom stereocenters. The van der Waals surface area contributed by atoms with E-state index < -0.39 is 0 Å². The lowest BCUT2D eigenvalue weighted by atomic mass is 10.0. The summed E-state index contributed by atoms with van der Waals surface area (Å²) in [5, 5.41) is 3.46. The number of rotatable bonds is 4. The molecule has 1 atom stereocenters. The molecule has 1 N–H and O–H groups in total. The first-order chi connectivity index (χ1) is 7.77. The molecule has 90 valence electrons. The monoisotopic (exact) mass is 222 g/mol. The molecular formula is C13H22N2O. The Kier molecular flexibility index (Phi) is 5.95. The van der Waals surface area contributed by atoms with E-state index in [2.05, 4.69) is 24.1 Å². The lowest BCUT2D eigenvalue weighted by Crippen LogP contribution is -2.45. The maximum absolute atomic E-state index is 11.7. The summed E-state index contributed by atoms with van der Waals surface area (Å²) in [7, 11) is 0. The average molecular weight is 222 g/mol. The first kappa shape index (κ1) is 13.1. The minimum atomic E-state index is -0.0308. The molecule has 0 aromatic heterocycles. The Labute approximate surface area is 98.6 Å². The van der Waals surface area contributed by atoms with Crippen LogP contribution in [0.3, 0.4) is 0 Å². The molecule has 0 radical (unpaired) electrons. The highest BCUT2D eigenvalue weighted by Gasteiger charge is 2.18. The van der Waals surface area contributed by atoms with Gasteiger partial charge in [0.2, 0.25) is 0 Å². The summed E-state index contributed by atoms with van der Waals surface area (Å²) in [6.45, 7) is 6.50. The van der Waals surface area contributed by atoms with E-state index in [-0.39, 0.29) is 5.91 Å². The van der Waals surface area contributed by atoms with Crippen molar-refractivity contribution in [3.05, 3.63) is 0 Å². The van der Waals surface area contributed by atoms with Crippen LogP contribution in [0.25, 0.3) is 0 Å². The molecule has 1 aliphatic rings. The molecule has 1 amide bonds. The van der Waals surface area contributed by atoms with Crippen LogP contribution in [0.4, 0.5) is 0 Å². The van der Waals surface area contributed by atoms with E-state index in [0.29, 0.717) is 6.04 Å². The molecule has 3 heteroatoms. The molecule has 3 nitrogen and oxygen atoms in total. The summed E-state index contributed by atoms with van der Waals surface area (Å²) >= 11 is 0. The molecule has 0 aromatic carbocycles. The van der Waals surface area contributed by atoms with E-state index in [4.69, 9.17) is 0 Å². The molecule has 0 bridgehead atoms. The van der Waals surface area contributed by atoms with E-state index in [1.165, 1.54) is 19.3 Å². The van der Waals surface area contributed by atoms with Gasteiger partial charge in [-0.25, -0.2) is 0 Å². The van der Waals surface area contributed by atoms with Crippen LogP contribution in [0.1, 0.15) is 39.5 Å². The fourth-order valence-corrected chi connectivity index (χ4v) is 2.08. The van der Waals surface area contributed by atoms with Crippen LogP contribution < -0.4 is 5.32 Å². The highest BCUT2D eigenvalue weighted by Crippen LogP contribution is 2.08. The second kappa shape index (κ2) is 7.29. The van der Waals surface area contributed by atoms with E-state index in [1.54, 1.807) is 6.92 Å². The standard InChI is InChI=1S/C13H22N2O/c1-3-7-13(16)15(10-4-2)11-12-8-5-6-9-14-12/h12,14H,4-6,8-11H2,1-2H3. The molecule has 0 aromatic rings.